The first-order valence-electron chi connectivity index (χ1n) is 7.58. The van der Waals surface area contributed by atoms with E-state index < -0.39 is 0 Å². The van der Waals surface area contributed by atoms with Crippen LogP contribution in [0, 0.1) is 17.8 Å². The number of hydrogen-bond acceptors (Lipinski definition) is 3. The van der Waals surface area contributed by atoms with Crippen LogP contribution in [0.5, 0.6) is 0 Å². The molecule has 1 aliphatic heterocycles. The summed E-state index contributed by atoms with van der Waals surface area (Å²) in [5.74, 6) is 2.35. The maximum Gasteiger partial charge on any atom is 0.0503 e. The Morgan fingerprint density at radius 1 is 1.33 bits per heavy atom. The van der Waals surface area contributed by atoms with Gasteiger partial charge in [0.1, 0.15) is 0 Å². The fraction of sp³-hybridized carbons (Fsp3) is 1.00. The van der Waals surface area contributed by atoms with Crippen LogP contribution in [-0.4, -0.2) is 44.8 Å². The predicted octanol–water partition coefficient (Wildman–Crippen LogP) is 2.36. The summed E-state index contributed by atoms with van der Waals surface area (Å²) in [6, 6.07) is 0. The molecule has 0 aromatic carbocycles. The van der Waals surface area contributed by atoms with Crippen molar-refractivity contribution in [3.8, 4) is 0 Å². The Kier molecular flexibility index (Phi) is 7.87. The zero-order valence-electron chi connectivity index (χ0n) is 12.5. The summed E-state index contributed by atoms with van der Waals surface area (Å²) in [6.07, 6.45) is 5.15. The van der Waals surface area contributed by atoms with Crippen LogP contribution >= 0.6 is 0 Å². The number of hydrogen-bond donors (Lipinski definition) is 1. The SMILES string of the molecule is COCC1CCN(CCCC(CCN)C(C)C)C1. The second-order valence-corrected chi connectivity index (χ2v) is 6.13. The molecule has 108 valence electrons. The first-order chi connectivity index (χ1) is 8.67. The standard InChI is InChI=1S/C15H32N2O/c1-13(2)15(6-8-16)5-4-9-17-10-7-14(11-17)12-18-3/h13-15H,4-12,16H2,1-3H3. The summed E-state index contributed by atoms with van der Waals surface area (Å²) in [7, 11) is 1.81. The van der Waals surface area contributed by atoms with E-state index >= 15 is 0 Å². The number of nitrogens with zero attached hydrogens (tertiary/aromatic N) is 1. The second kappa shape index (κ2) is 8.89. The Hall–Kier alpha value is -0.120. The molecular weight excluding hydrogens is 224 g/mol. The summed E-state index contributed by atoms with van der Waals surface area (Å²) in [5, 5.41) is 0. The second-order valence-electron chi connectivity index (χ2n) is 6.13. The van der Waals surface area contributed by atoms with Crippen LogP contribution in [-0.2, 0) is 4.74 Å². The maximum absolute atomic E-state index is 5.69. The molecule has 2 atom stereocenters. The quantitative estimate of drug-likeness (QED) is 0.688. The minimum atomic E-state index is 0.764. The van der Waals surface area contributed by atoms with Gasteiger partial charge in [0.25, 0.3) is 0 Å². The topological polar surface area (TPSA) is 38.5 Å². The van der Waals surface area contributed by atoms with Gasteiger partial charge in [-0.25, -0.2) is 0 Å². The van der Waals surface area contributed by atoms with Crippen LogP contribution in [0.15, 0.2) is 0 Å². The van der Waals surface area contributed by atoms with E-state index in [1.54, 1.807) is 0 Å². The highest BCUT2D eigenvalue weighted by Gasteiger charge is 2.22. The van der Waals surface area contributed by atoms with Crippen LogP contribution in [0.4, 0.5) is 0 Å². The van der Waals surface area contributed by atoms with E-state index in [2.05, 4.69) is 18.7 Å². The molecule has 2 unspecified atom stereocenters. The van der Waals surface area contributed by atoms with Crippen molar-refractivity contribution in [1.82, 2.24) is 4.90 Å². The molecule has 2 N–H and O–H groups in total. The zero-order chi connectivity index (χ0) is 13.4. The average Bonchev–Trinajstić information content (AvgIpc) is 2.76. The van der Waals surface area contributed by atoms with Crippen LogP contribution < -0.4 is 5.73 Å². The maximum atomic E-state index is 5.69. The van der Waals surface area contributed by atoms with Gasteiger partial charge in [-0.2, -0.15) is 0 Å². The lowest BCUT2D eigenvalue weighted by atomic mass is 9.88. The molecule has 0 saturated carbocycles. The third-order valence-corrected chi connectivity index (χ3v) is 4.30. The van der Waals surface area contributed by atoms with Crippen LogP contribution in [0.25, 0.3) is 0 Å². The smallest absolute Gasteiger partial charge is 0.0503 e. The van der Waals surface area contributed by atoms with Crippen molar-refractivity contribution >= 4 is 0 Å². The molecule has 1 aliphatic rings. The summed E-state index contributed by atoms with van der Waals surface area (Å²) in [4.78, 5) is 2.60. The van der Waals surface area contributed by atoms with Gasteiger partial charge in [0.15, 0.2) is 0 Å². The van der Waals surface area contributed by atoms with Crippen molar-refractivity contribution in [1.29, 1.82) is 0 Å². The van der Waals surface area contributed by atoms with Gasteiger partial charge < -0.3 is 15.4 Å². The van der Waals surface area contributed by atoms with Crippen molar-refractivity contribution in [3.05, 3.63) is 0 Å². The third kappa shape index (κ3) is 5.68. The number of ether oxygens (including phenoxy) is 1. The molecule has 18 heavy (non-hydrogen) atoms. The summed E-state index contributed by atoms with van der Waals surface area (Å²) >= 11 is 0. The highest BCUT2D eigenvalue weighted by molar-refractivity contribution is 4.75. The van der Waals surface area contributed by atoms with Crippen molar-refractivity contribution in [2.45, 2.75) is 39.5 Å². The Bertz CT molecular complexity index is 209. The molecule has 3 nitrogen and oxygen atoms in total. The highest BCUT2D eigenvalue weighted by atomic mass is 16.5. The van der Waals surface area contributed by atoms with Crippen molar-refractivity contribution in [2.24, 2.45) is 23.5 Å². The van der Waals surface area contributed by atoms with Gasteiger partial charge in [-0.1, -0.05) is 13.8 Å². The Balaban J connectivity index is 2.13. The van der Waals surface area contributed by atoms with E-state index in [1.165, 1.54) is 45.3 Å². The monoisotopic (exact) mass is 256 g/mol. The Morgan fingerprint density at radius 3 is 2.72 bits per heavy atom. The molecular formula is C15H32N2O. The minimum Gasteiger partial charge on any atom is -0.384 e. The molecule has 0 spiro atoms. The first kappa shape index (κ1) is 15.9. The van der Waals surface area contributed by atoms with Gasteiger partial charge in [-0.15, -0.1) is 0 Å². The van der Waals surface area contributed by atoms with Crippen molar-refractivity contribution < 1.29 is 4.74 Å². The third-order valence-electron chi connectivity index (χ3n) is 4.30. The van der Waals surface area contributed by atoms with Gasteiger partial charge in [0.05, 0.1) is 6.61 Å². The summed E-state index contributed by atoms with van der Waals surface area (Å²) < 4.78 is 5.24. The Morgan fingerprint density at radius 2 is 2.11 bits per heavy atom. The van der Waals surface area contributed by atoms with Gasteiger partial charge >= 0.3 is 0 Å². The van der Waals surface area contributed by atoms with Crippen molar-refractivity contribution in [3.63, 3.8) is 0 Å². The normalized spacial score (nSPS) is 22.8. The molecule has 0 aliphatic carbocycles. The van der Waals surface area contributed by atoms with E-state index in [-0.39, 0.29) is 0 Å². The first-order valence-corrected chi connectivity index (χ1v) is 7.58. The molecule has 3 heteroatoms. The van der Waals surface area contributed by atoms with Gasteiger partial charge in [-0.3, -0.25) is 0 Å². The number of nitrogens with two attached hydrogens (primary N) is 1. The van der Waals surface area contributed by atoms with E-state index in [0.717, 1.165) is 30.9 Å². The van der Waals surface area contributed by atoms with Crippen LogP contribution in [0.3, 0.4) is 0 Å². The van der Waals surface area contributed by atoms with Gasteiger partial charge in [0.2, 0.25) is 0 Å². The summed E-state index contributed by atoms with van der Waals surface area (Å²) in [5.41, 5.74) is 5.69. The molecule has 0 amide bonds. The van der Waals surface area contributed by atoms with E-state index in [4.69, 9.17) is 10.5 Å². The highest BCUT2D eigenvalue weighted by Crippen LogP contribution is 2.22. The lowest BCUT2D eigenvalue weighted by molar-refractivity contribution is 0.152. The molecule has 0 aromatic rings. The van der Waals surface area contributed by atoms with Crippen LogP contribution in [0.2, 0.25) is 0 Å². The number of methoxy groups -OCH3 is 1. The predicted molar refractivity (Wildman–Crippen MR) is 77.7 cm³/mol. The molecule has 1 heterocycles. The molecule has 0 bridgehead atoms. The molecule has 1 saturated heterocycles. The van der Waals surface area contributed by atoms with Crippen molar-refractivity contribution in [2.75, 3.05) is 39.9 Å². The fourth-order valence-electron chi connectivity index (χ4n) is 3.09. The summed E-state index contributed by atoms with van der Waals surface area (Å²) in [6.45, 7) is 10.2. The average molecular weight is 256 g/mol. The molecule has 1 rings (SSSR count). The van der Waals surface area contributed by atoms with Gasteiger partial charge in [-0.05, 0) is 63.1 Å². The fourth-order valence-corrected chi connectivity index (χ4v) is 3.09. The molecule has 0 aromatic heterocycles. The lowest BCUT2D eigenvalue weighted by Gasteiger charge is -2.22. The number of likely N-dealkylation sites (tertiary alicyclic amines) is 1. The minimum absolute atomic E-state index is 0.764. The molecule has 0 radical (unpaired) electrons. The zero-order valence-corrected chi connectivity index (χ0v) is 12.5. The van der Waals surface area contributed by atoms with E-state index in [0.29, 0.717) is 0 Å². The lowest BCUT2D eigenvalue weighted by Crippen LogP contribution is -2.24. The van der Waals surface area contributed by atoms with E-state index in [1.807, 2.05) is 7.11 Å². The van der Waals surface area contributed by atoms with Gasteiger partial charge in [0, 0.05) is 13.7 Å². The Labute approximate surface area is 113 Å². The largest absolute Gasteiger partial charge is 0.384 e. The number of rotatable bonds is 9. The van der Waals surface area contributed by atoms with Crippen LogP contribution in [0.1, 0.15) is 39.5 Å². The molecule has 1 fully saturated rings. The van der Waals surface area contributed by atoms with E-state index in [9.17, 15) is 0 Å².